The van der Waals surface area contributed by atoms with Gasteiger partial charge in [0, 0.05) is 12.5 Å². The normalized spacial score (nSPS) is 19.9. The summed E-state index contributed by atoms with van der Waals surface area (Å²) in [5, 5.41) is 5.43. The van der Waals surface area contributed by atoms with Crippen molar-refractivity contribution in [2.24, 2.45) is 17.8 Å². The number of halogens is 1. The number of likely N-dealkylation sites (tertiary alicyclic amines) is 1. The Kier molecular flexibility index (Phi) is 15.1. The number of nitrogens with zero attached hydrogens (tertiary/aromatic N) is 1. The van der Waals surface area contributed by atoms with E-state index in [1.54, 1.807) is 0 Å². The molecule has 0 bridgehead atoms. The fraction of sp³-hybridized carbons (Fsp3) is 0.697. The van der Waals surface area contributed by atoms with Crippen molar-refractivity contribution in [1.29, 1.82) is 0 Å². The Morgan fingerprint density at radius 3 is 2.40 bits per heavy atom. The third-order valence-corrected chi connectivity index (χ3v) is 8.25. The maximum atomic E-state index is 14.3. The predicted octanol–water partition coefficient (Wildman–Crippen LogP) is 6.36. The van der Waals surface area contributed by atoms with Crippen molar-refractivity contribution in [2.75, 3.05) is 32.6 Å². The number of alkyl carbamates (subject to hydrolysis) is 1. The number of nitrogens with one attached hydrogen (secondary N) is 2. The number of carbonyl (C=O) groups excluding carboxylic acids is 4. The number of hydrogen-bond acceptors (Lipinski definition) is 7. The van der Waals surface area contributed by atoms with Gasteiger partial charge in [-0.05, 0) is 90.1 Å². The molecule has 242 valence electrons. The molecular formula is C33H52FN3O6. The lowest BCUT2D eigenvalue weighted by molar-refractivity contribution is -0.121. The second kappa shape index (κ2) is 18.0. The molecular weight excluding hydrogens is 553 g/mol. The number of rotatable bonds is 11. The van der Waals surface area contributed by atoms with Crippen molar-refractivity contribution >= 4 is 29.9 Å². The van der Waals surface area contributed by atoms with E-state index in [1.807, 2.05) is 34.7 Å². The number of aldehydes is 1. The molecule has 2 aliphatic rings. The summed E-state index contributed by atoms with van der Waals surface area (Å²) in [4.78, 5) is 48.3. The molecule has 43 heavy (non-hydrogen) atoms. The smallest absolute Gasteiger partial charge is 0.407 e. The van der Waals surface area contributed by atoms with Crippen LogP contribution in [-0.2, 0) is 19.1 Å². The van der Waals surface area contributed by atoms with Crippen LogP contribution in [0.5, 0.6) is 0 Å². The van der Waals surface area contributed by atoms with Crippen LogP contribution in [0.4, 0.5) is 14.9 Å². The van der Waals surface area contributed by atoms with E-state index in [0.29, 0.717) is 18.4 Å². The maximum Gasteiger partial charge on any atom is 0.407 e. The van der Waals surface area contributed by atoms with E-state index in [-0.39, 0.29) is 35.2 Å². The van der Waals surface area contributed by atoms with Gasteiger partial charge < -0.3 is 24.9 Å². The molecule has 2 fully saturated rings. The van der Waals surface area contributed by atoms with Gasteiger partial charge in [0.05, 0.1) is 24.4 Å². The standard InChI is InChI=1S/C20H27FN2O3.C13H25NO3/c1-23-11-10-15(13-6-4-3-5-7-13)18(23)19(24)22-17-9-8-14(12-16(17)21)20(25)26-2;1-5-11(10-15)8-6-7-9-14-12(16)17-13(2,3)4/h8-9,12-13,15,18H,3-7,10-11H2,1-2H3,(H,22,24);10-11H,5-9H2,1-4H3,(H,14,16). The van der Waals surface area contributed by atoms with Crippen molar-refractivity contribution in [2.45, 2.75) is 104 Å². The zero-order valence-electron chi connectivity index (χ0n) is 26.9. The monoisotopic (exact) mass is 605 g/mol. The number of esters is 1. The van der Waals surface area contributed by atoms with E-state index in [9.17, 15) is 23.6 Å². The SMILES string of the molecule is CCC(C=O)CCCCNC(=O)OC(C)(C)C.COC(=O)c1ccc(NC(=O)C2C(C3CCCCC3)CCN2C)c(F)c1. The highest BCUT2D eigenvalue weighted by Gasteiger charge is 2.41. The Bertz CT molecular complexity index is 1050. The third kappa shape index (κ3) is 12.3. The molecule has 1 aliphatic carbocycles. The molecule has 1 aliphatic heterocycles. The lowest BCUT2D eigenvalue weighted by Crippen LogP contribution is -2.43. The summed E-state index contributed by atoms with van der Waals surface area (Å²) in [5.74, 6) is -0.318. The minimum atomic E-state index is -0.629. The Labute approximate surface area is 256 Å². The Hall–Kier alpha value is -3.01. The first-order valence-electron chi connectivity index (χ1n) is 15.7. The van der Waals surface area contributed by atoms with Crippen LogP contribution in [0.15, 0.2) is 18.2 Å². The molecule has 0 aromatic heterocycles. The molecule has 1 aromatic rings. The van der Waals surface area contributed by atoms with Gasteiger partial charge in [-0.1, -0.05) is 45.4 Å². The second-order valence-corrected chi connectivity index (χ2v) is 12.7. The van der Waals surface area contributed by atoms with E-state index in [0.717, 1.165) is 51.0 Å². The minimum absolute atomic E-state index is 0.102. The molecule has 3 rings (SSSR count). The van der Waals surface area contributed by atoms with Crippen LogP contribution >= 0.6 is 0 Å². The molecule has 2 N–H and O–H groups in total. The summed E-state index contributed by atoms with van der Waals surface area (Å²) in [6.45, 7) is 9.01. The molecule has 0 spiro atoms. The molecule has 9 nitrogen and oxygen atoms in total. The van der Waals surface area contributed by atoms with Gasteiger partial charge in [-0.15, -0.1) is 0 Å². The van der Waals surface area contributed by atoms with Crippen LogP contribution < -0.4 is 10.6 Å². The highest BCUT2D eigenvalue weighted by molar-refractivity contribution is 5.96. The van der Waals surface area contributed by atoms with Crippen LogP contribution in [0, 0.1) is 23.6 Å². The summed E-state index contributed by atoms with van der Waals surface area (Å²) in [5.41, 5.74) is -0.221. The first-order chi connectivity index (χ1) is 20.4. The average Bonchev–Trinajstić information content (AvgIpc) is 3.36. The van der Waals surface area contributed by atoms with E-state index < -0.39 is 17.4 Å². The van der Waals surface area contributed by atoms with Gasteiger partial charge in [-0.2, -0.15) is 0 Å². The zero-order valence-corrected chi connectivity index (χ0v) is 26.9. The predicted molar refractivity (Wildman–Crippen MR) is 165 cm³/mol. The van der Waals surface area contributed by atoms with Gasteiger partial charge >= 0.3 is 12.1 Å². The molecule has 1 aromatic carbocycles. The maximum absolute atomic E-state index is 14.3. The zero-order chi connectivity index (χ0) is 32.0. The van der Waals surface area contributed by atoms with Gasteiger partial charge in [0.1, 0.15) is 17.7 Å². The minimum Gasteiger partial charge on any atom is -0.465 e. The Morgan fingerprint density at radius 2 is 1.81 bits per heavy atom. The third-order valence-electron chi connectivity index (χ3n) is 8.25. The van der Waals surface area contributed by atoms with Crippen molar-refractivity contribution in [1.82, 2.24) is 10.2 Å². The highest BCUT2D eigenvalue weighted by Crippen LogP contribution is 2.38. The summed E-state index contributed by atoms with van der Waals surface area (Å²) >= 11 is 0. The molecule has 3 unspecified atom stereocenters. The summed E-state index contributed by atoms with van der Waals surface area (Å²) < 4.78 is 24.0. The van der Waals surface area contributed by atoms with Gasteiger partial charge in [0.15, 0.2) is 0 Å². The van der Waals surface area contributed by atoms with Crippen molar-refractivity contribution in [3.8, 4) is 0 Å². The Morgan fingerprint density at radius 1 is 1.12 bits per heavy atom. The number of methoxy groups -OCH3 is 1. The number of anilines is 1. The summed E-state index contributed by atoms with van der Waals surface area (Å²) in [6, 6.07) is 3.75. The number of amides is 2. The van der Waals surface area contributed by atoms with Crippen molar-refractivity contribution in [3.05, 3.63) is 29.6 Å². The number of benzene rings is 1. The first-order valence-corrected chi connectivity index (χ1v) is 15.7. The molecule has 3 atom stereocenters. The number of carbonyl (C=O) groups is 4. The number of likely N-dealkylation sites (N-methyl/N-ethyl adjacent to an activating group) is 1. The van der Waals surface area contributed by atoms with Crippen molar-refractivity contribution < 1.29 is 33.0 Å². The summed E-state index contributed by atoms with van der Waals surface area (Å²) in [6.07, 6.45) is 11.4. The molecule has 1 saturated carbocycles. The molecule has 0 radical (unpaired) electrons. The quantitative estimate of drug-likeness (QED) is 0.171. The number of unbranched alkanes of at least 4 members (excludes halogenated alkanes) is 1. The van der Waals surface area contributed by atoms with Gasteiger partial charge in [-0.3, -0.25) is 9.69 Å². The summed E-state index contributed by atoms with van der Waals surface area (Å²) in [7, 11) is 3.21. The molecule has 1 saturated heterocycles. The van der Waals surface area contributed by atoms with E-state index >= 15 is 0 Å². The Balaban J connectivity index is 0.000000332. The first kappa shape index (κ1) is 36.2. The van der Waals surface area contributed by atoms with E-state index in [1.165, 1.54) is 51.3 Å². The average molecular weight is 606 g/mol. The van der Waals surface area contributed by atoms with Crippen LogP contribution in [-0.4, -0.2) is 68.0 Å². The van der Waals surface area contributed by atoms with Crippen LogP contribution in [0.25, 0.3) is 0 Å². The van der Waals surface area contributed by atoms with Crippen molar-refractivity contribution in [3.63, 3.8) is 0 Å². The fourth-order valence-electron chi connectivity index (χ4n) is 5.90. The highest BCUT2D eigenvalue weighted by atomic mass is 19.1. The van der Waals surface area contributed by atoms with Gasteiger partial charge in [-0.25, -0.2) is 14.0 Å². The largest absolute Gasteiger partial charge is 0.465 e. The molecule has 10 heteroatoms. The van der Waals surface area contributed by atoms with E-state index in [4.69, 9.17) is 4.74 Å². The number of hydrogen-bond donors (Lipinski definition) is 2. The fourth-order valence-corrected chi connectivity index (χ4v) is 5.90. The van der Waals surface area contributed by atoms with Gasteiger partial charge in [0.2, 0.25) is 5.91 Å². The lowest BCUT2D eigenvalue weighted by Gasteiger charge is -2.32. The van der Waals surface area contributed by atoms with E-state index in [2.05, 4.69) is 20.3 Å². The molecule has 1 heterocycles. The number of ether oxygens (including phenoxy) is 2. The van der Waals surface area contributed by atoms with Gasteiger partial charge in [0.25, 0.3) is 0 Å². The van der Waals surface area contributed by atoms with Crippen LogP contribution in [0.1, 0.15) is 102 Å². The lowest BCUT2D eigenvalue weighted by atomic mass is 9.76. The molecule has 2 amide bonds. The van der Waals surface area contributed by atoms with Crippen LogP contribution in [0.2, 0.25) is 0 Å². The topological polar surface area (TPSA) is 114 Å². The van der Waals surface area contributed by atoms with Crippen LogP contribution in [0.3, 0.4) is 0 Å². The second-order valence-electron chi connectivity index (χ2n) is 12.7.